The second-order valence-electron chi connectivity index (χ2n) is 4.10. The van der Waals surface area contributed by atoms with Gasteiger partial charge in [-0.2, -0.15) is 0 Å². The van der Waals surface area contributed by atoms with Crippen LogP contribution in [0.4, 0.5) is 4.79 Å². The molecule has 1 amide bonds. The van der Waals surface area contributed by atoms with E-state index in [0.717, 1.165) is 19.5 Å². The summed E-state index contributed by atoms with van der Waals surface area (Å²) in [5.74, 6) is 0. The summed E-state index contributed by atoms with van der Waals surface area (Å²) < 4.78 is 5.11. The summed E-state index contributed by atoms with van der Waals surface area (Å²) in [5.41, 5.74) is 5.47. The van der Waals surface area contributed by atoms with Gasteiger partial charge in [-0.25, -0.2) is 4.79 Å². The van der Waals surface area contributed by atoms with Crippen LogP contribution in [0.15, 0.2) is 0 Å². The van der Waals surface area contributed by atoms with E-state index in [9.17, 15) is 4.79 Å². The molecule has 5 nitrogen and oxygen atoms in total. The summed E-state index contributed by atoms with van der Waals surface area (Å²) in [6.07, 6.45) is 0.747. The van der Waals surface area contributed by atoms with Crippen LogP contribution in [-0.4, -0.2) is 61.3 Å². The zero-order valence-corrected chi connectivity index (χ0v) is 8.48. The van der Waals surface area contributed by atoms with Crippen molar-refractivity contribution < 1.29 is 9.53 Å². The van der Waals surface area contributed by atoms with Gasteiger partial charge in [-0.1, -0.05) is 0 Å². The highest BCUT2D eigenvalue weighted by Crippen LogP contribution is 2.20. The number of likely N-dealkylation sites (N-methyl/N-ethyl adjacent to an activating group) is 1. The molecule has 2 rings (SSSR count). The Bertz CT molecular complexity index is 234. The van der Waals surface area contributed by atoms with Gasteiger partial charge in [-0.3, -0.25) is 0 Å². The summed E-state index contributed by atoms with van der Waals surface area (Å²) in [6, 6.07) is 0.323. The molecule has 0 aromatic heterocycles. The number of nitrogens with zero attached hydrogens (tertiary/aromatic N) is 2. The van der Waals surface area contributed by atoms with Gasteiger partial charge >= 0.3 is 6.09 Å². The van der Waals surface area contributed by atoms with E-state index < -0.39 is 0 Å². The van der Waals surface area contributed by atoms with Gasteiger partial charge in [0.25, 0.3) is 0 Å². The summed E-state index contributed by atoms with van der Waals surface area (Å²) in [6.45, 7) is 3.09. The van der Waals surface area contributed by atoms with Crippen molar-refractivity contribution in [3.05, 3.63) is 0 Å². The van der Waals surface area contributed by atoms with E-state index in [1.807, 2.05) is 4.90 Å². The lowest BCUT2D eigenvalue weighted by Gasteiger charge is -2.20. The Morgan fingerprint density at radius 2 is 2.36 bits per heavy atom. The fourth-order valence-corrected chi connectivity index (χ4v) is 2.13. The van der Waals surface area contributed by atoms with Gasteiger partial charge in [0.15, 0.2) is 0 Å². The third-order valence-corrected chi connectivity index (χ3v) is 2.97. The highest BCUT2D eigenvalue weighted by atomic mass is 16.6. The van der Waals surface area contributed by atoms with Crippen LogP contribution in [0.3, 0.4) is 0 Å². The van der Waals surface area contributed by atoms with Gasteiger partial charge in [-0.05, 0) is 20.0 Å². The Kier molecular flexibility index (Phi) is 2.60. The Morgan fingerprint density at radius 1 is 1.57 bits per heavy atom. The maximum atomic E-state index is 11.5. The summed E-state index contributed by atoms with van der Waals surface area (Å²) >= 11 is 0. The van der Waals surface area contributed by atoms with Crippen molar-refractivity contribution >= 4 is 6.09 Å². The summed E-state index contributed by atoms with van der Waals surface area (Å²) in [4.78, 5) is 15.5. The highest BCUT2D eigenvalue weighted by Gasteiger charge is 2.37. The molecule has 2 saturated heterocycles. The van der Waals surface area contributed by atoms with Crippen LogP contribution in [0, 0.1) is 0 Å². The maximum absolute atomic E-state index is 11.5. The van der Waals surface area contributed by atoms with E-state index in [1.165, 1.54) is 0 Å². The first-order chi connectivity index (χ1) is 6.70. The van der Waals surface area contributed by atoms with Crippen LogP contribution in [0.25, 0.3) is 0 Å². The van der Waals surface area contributed by atoms with Crippen LogP contribution < -0.4 is 5.73 Å². The largest absolute Gasteiger partial charge is 0.443 e. The Hall–Kier alpha value is -0.810. The smallest absolute Gasteiger partial charge is 0.410 e. The number of hydrogen-bond donors (Lipinski definition) is 1. The Morgan fingerprint density at radius 3 is 2.86 bits per heavy atom. The van der Waals surface area contributed by atoms with Crippen molar-refractivity contribution in [3.63, 3.8) is 0 Å². The number of ether oxygens (including phenoxy) is 1. The average Bonchev–Trinajstić information content (AvgIpc) is 2.71. The molecule has 1 unspecified atom stereocenters. The molecule has 2 atom stereocenters. The molecule has 2 heterocycles. The van der Waals surface area contributed by atoms with Gasteiger partial charge in [0.2, 0.25) is 0 Å². The molecule has 2 aliphatic heterocycles. The van der Waals surface area contributed by atoms with Crippen molar-refractivity contribution in [2.45, 2.75) is 18.6 Å². The first-order valence-electron chi connectivity index (χ1n) is 5.06. The minimum Gasteiger partial charge on any atom is -0.443 e. The zero-order chi connectivity index (χ0) is 10.1. The van der Waals surface area contributed by atoms with Gasteiger partial charge in [0, 0.05) is 19.1 Å². The predicted octanol–water partition coefficient (Wildman–Crippen LogP) is -0.530. The number of nitrogens with two attached hydrogens (primary N) is 1. The first kappa shape index (κ1) is 9.73. The molecule has 2 aliphatic rings. The highest BCUT2D eigenvalue weighted by molar-refractivity contribution is 5.70. The fourth-order valence-electron chi connectivity index (χ4n) is 2.13. The molecule has 5 heteroatoms. The lowest BCUT2D eigenvalue weighted by molar-refractivity contribution is 0.130. The zero-order valence-electron chi connectivity index (χ0n) is 8.48. The van der Waals surface area contributed by atoms with Crippen LogP contribution in [-0.2, 0) is 4.74 Å². The molecule has 14 heavy (non-hydrogen) atoms. The number of hydrogen-bond acceptors (Lipinski definition) is 4. The Balaban J connectivity index is 1.95. The van der Waals surface area contributed by atoms with E-state index in [2.05, 4.69) is 11.9 Å². The number of amides is 1. The molecule has 2 N–H and O–H groups in total. The van der Waals surface area contributed by atoms with Gasteiger partial charge < -0.3 is 20.3 Å². The van der Waals surface area contributed by atoms with E-state index in [0.29, 0.717) is 19.1 Å². The molecule has 0 spiro atoms. The maximum Gasteiger partial charge on any atom is 0.410 e. The second-order valence-corrected chi connectivity index (χ2v) is 4.10. The molecule has 0 aromatic rings. The van der Waals surface area contributed by atoms with E-state index in [4.69, 9.17) is 10.5 Å². The Labute approximate surface area is 83.8 Å². The van der Waals surface area contributed by atoms with Crippen molar-refractivity contribution in [1.29, 1.82) is 0 Å². The molecule has 0 bridgehead atoms. The van der Waals surface area contributed by atoms with Crippen molar-refractivity contribution in [1.82, 2.24) is 9.80 Å². The number of carbonyl (C=O) groups excluding carboxylic acids is 1. The molecule has 0 radical (unpaired) electrons. The van der Waals surface area contributed by atoms with Crippen LogP contribution in [0.2, 0.25) is 0 Å². The van der Waals surface area contributed by atoms with Gasteiger partial charge in [0.1, 0.15) is 6.10 Å². The lowest BCUT2D eigenvalue weighted by Crippen LogP contribution is -2.38. The van der Waals surface area contributed by atoms with E-state index >= 15 is 0 Å². The normalized spacial score (nSPS) is 33.9. The number of cyclic esters (lactones) is 1. The molecular formula is C9H17N3O2. The van der Waals surface area contributed by atoms with Crippen LogP contribution in [0.5, 0.6) is 0 Å². The standard InChI is InChI=1S/C9H17N3O2/c1-11-3-2-7(5-11)12-6-8(4-10)14-9(12)13/h7-8H,2-6,10H2,1H3/t7?,8-/m0/s1. The topological polar surface area (TPSA) is 58.8 Å². The number of rotatable bonds is 2. The first-order valence-corrected chi connectivity index (χ1v) is 5.06. The molecule has 0 saturated carbocycles. The van der Waals surface area contributed by atoms with Crippen LogP contribution >= 0.6 is 0 Å². The molecule has 0 aromatic carbocycles. The quantitative estimate of drug-likeness (QED) is 0.649. The van der Waals surface area contributed by atoms with E-state index in [1.54, 1.807) is 0 Å². The minimum atomic E-state index is -0.194. The second kappa shape index (κ2) is 3.74. The number of carbonyl (C=O) groups is 1. The van der Waals surface area contributed by atoms with Crippen LogP contribution in [0.1, 0.15) is 6.42 Å². The van der Waals surface area contributed by atoms with E-state index in [-0.39, 0.29) is 12.2 Å². The molecule has 0 aliphatic carbocycles. The van der Waals surface area contributed by atoms with Gasteiger partial charge in [-0.15, -0.1) is 0 Å². The van der Waals surface area contributed by atoms with Crippen molar-refractivity contribution in [2.24, 2.45) is 5.73 Å². The third-order valence-electron chi connectivity index (χ3n) is 2.97. The fraction of sp³-hybridized carbons (Fsp3) is 0.889. The number of likely N-dealkylation sites (tertiary alicyclic amines) is 1. The predicted molar refractivity (Wildman–Crippen MR) is 51.9 cm³/mol. The minimum absolute atomic E-state index is 0.103. The third kappa shape index (κ3) is 1.69. The molecule has 2 fully saturated rings. The summed E-state index contributed by atoms with van der Waals surface area (Å²) in [7, 11) is 2.07. The van der Waals surface area contributed by atoms with Crippen molar-refractivity contribution in [3.8, 4) is 0 Å². The summed E-state index contributed by atoms with van der Waals surface area (Å²) in [5, 5.41) is 0. The SMILES string of the molecule is CN1CCC(N2C[C@H](CN)OC2=O)C1. The monoisotopic (exact) mass is 199 g/mol. The molecule has 80 valence electrons. The average molecular weight is 199 g/mol. The van der Waals surface area contributed by atoms with Gasteiger partial charge in [0.05, 0.1) is 6.54 Å². The van der Waals surface area contributed by atoms with Crippen molar-refractivity contribution in [2.75, 3.05) is 33.2 Å². The lowest BCUT2D eigenvalue weighted by atomic mass is 10.2. The molecular weight excluding hydrogens is 182 g/mol.